The van der Waals surface area contributed by atoms with Gasteiger partial charge in [0.1, 0.15) is 12.2 Å². The van der Waals surface area contributed by atoms with Gasteiger partial charge in [-0.1, -0.05) is 17.5 Å². The molecule has 1 atom stereocenters. The van der Waals surface area contributed by atoms with Crippen molar-refractivity contribution in [2.24, 2.45) is 0 Å². The minimum Gasteiger partial charge on any atom is -0.377 e. The lowest BCUT2D eigenvalue weighted by atomic mass is 10.2. The van der Waals surface area contributed by atoms with E-state index in [9.17, 15) is 4.79 Å². The van der Waals surface area contributed by atoms with Crippen LogP contribution in [0.3, 0.4) is 0 Å². The van der Waals surface area contributed by atoms with Crippen molar-refractivity contribution < 1.29 is 0 Å². The van der Waals surface area contributed by atoms with Crippen LogP contribution in [0, 0.1) is 12.3 Å². The summed E-state index contributed by atoms with van der Waals surface area (Å²) in [6.45, 7) is 2.15. The molecule has 18 heavy (non-hydrogen) atoms. The van der Waals surface area contributed by atoms with E-state index in [0.29, 0.717) is 10.7 Å². The van der Waals surface area contributed by atoms with Gasteiger partial charge in [0.05, 0.1) is 11.2 Å². The summed E-state index contributed by atoms with van der Waals surface area (Å²) in [6, 6.07) is 0.171. The molecule has 0 bridgehead atoms. The van der Waals surface area contributed by atoms with Gasteiger partial charge < -0.3 is 5.32 Å². The first kappa shape index (κ1) is 14.9. The third-order valence-electron chi connectivity index (χ3n) is 2.38. The molecule has 0 aromatic carbocycles. The van der Waals surface area contributed by atoms with Crippen molar-refractivity contribution in [3.63, 3.8) is 0 Å². The van der Waals surface area contributed by atoms with Crippen LogP contribution in [0.4, 0.5) is 5.69 Å². The summed E-state index contributed by atoms with van der Waals surface area (Å²) in [6.07, 6.45) is 9.61. The number of hydrogen-bond donors (Lipinski definition) is 1. The average Bonchev–Trinajstić information content (AvgIpc) is 2.35. The topological polar surface area (TPSA) is 46.9 Å². The molecule has 0 aliphatic rings. The number of nitrogens with zero attached hydrogens (tertiary/aromatic N) is 2. The van der Waals surface area contributed by atoms with Crippen molar-refractivity contribution in [3.8, 4) is 12.3 Å². The number of thioether (sulfide) groups is 1. The van der Waals surface area contributed by atoms with Crippen LogP contribution in [-0.4, -0.2) is 27.8 Å². The summed E-state index contributed by atoms with van der Waals surface area (Å²) < 4.78 is 1.22. The molecule has 1 unspecified atom stereocenters. The van der Waals surface area contributed by atoms with Crippen LogP contribution in [0.15, 0.2) is 11.0 Å². The quantitative estimate of drug-likeness (QED) is 0.813. The molecule has 98 valence electrons. The minimum absolute atomic E-state index is 0.143. The molecule has 0 saturated heterocycles. The van der Waals surface area contributed by atoms with Crippen molar-refractivity contribution in [1.82, 2.24) is 9.78 Å². The first-order chi connectivity index (χ1) is 8.60. The van der Waals surface area contributed by atoms with Crippen LogP contribution in [0.1, 0.15) is 13.3 Å². The maximum atomic E-state index is 12.0. The van der Waals surface area contributed by atoms with E-state index in [-0.39, 0.29) is 18.1 Å². The predicted molar refractivity (Wildman–Crippen MR) is 78.4 cm³/mol. The summed E-state index contributed by atoms with van der Waals surface area (Å²) in [5, 5.41) is 7.33. The lowest BCUT2D eigenvalue weighted by molar-refractivity contribution is 0.660. The van der Waals surface area contributed by atoms with Crippen LogP contribution in [0.25, 0.3) is 0 Å². The molecular weight excluding hydrogens is 270 g/mol. The number of terminal acetylenes is 1. The van der Waals surface area contributed by atoms with Crippen LogP contribution in [0.5, 0.6) is 0 Å². The van der Waals surface area contributed by atoms with Crippen molar-refractivity contribution in [2.75, 3.05) is 17.3 Å². The van der Waals surface area contributed by atoms with E-state index in [1.807, 2.05) is 13.2 Å². The zero-order valence-corrected chi connectivity index (χ0v) is 12.0. The number of hydrogen-bond acceptors (Lipinski definition) is 4. The van der Waals surface area contributed by atoms with Crippen LogP contribution in [-0.2, 0) is 6.54 Å². The molecule has 0 fully saturated rings. The van der Waals surface area contributed by atoms with E-state index in [4.69, 9.17) is 18.0 Å². The summed E-state index contributed by atoms with van der Waals surface area (Å²) in [4.78, 5) is 12.0. The Morgan fingerprint density at radius 1 is 1.72 bits per heavy atom. The van der Waals surface area contributed by atoms with Gasteiger partial charge in [-0.2, -0.15) is 16.9 Å². The molecule has 0 spiro atoms. The molecule has 1 rings (SSSR count). The van der Waals surface area contributed by atoms with E-state index < -0.39 is 0 Å². The monoisotopic (exact) mass is 285 g/mol. The number of aromatic nitrogens is 2. The first-order valence-electron chi connectivity index (χ1n) is 5.54. The van der Waals surface area contributed by atoms with E-state index in [1.165, 1.54) is 10.9 Å². The first-order valence-corrected chi connectivity index (χ1v) is 7.32. The second-order valence-electron chi connectivity index (χ2n) is 3.86. The zero-order chi connectivity index (χ0) is 13.5. The maximum Gasteiger partial charge on any atom is 0.292 e. The smallest absolute Gasteiger partial charge is 0.292 e. The highest BCUT2D eigenvalue weighted by atomic mass is 35.5. The molecule has 6 heteroatoms. The summed E-state index contributed by atoms with van der Waals surface area (Å²) in [7, 11) is 0. The molecule has 0 aliphatic carbocycles. The highest BCUT2D eigenvalue weighted by Gasteiger charge is 2.12. The maximum absolute atomic E-state index is 12.0. The van der Waals surface area contributed by atoms with Gasteiger partial charge in [-0.3, -0.25) is 4.79 Å². The van der Waals surface area contributed by atoms with Gasteiger partial charge in [0.2, 0.25) is 0 Å². The highest BCUT2D eigenvalue weighted by Crippen LogP contribution is 2.17. The second kappa shape index (κ2) is 7.34. The van der Waals surface area contributed by atoms with Crippen LogP contribution in [0.2, 0.25) is 5.02 Å². The third kappa shape index (κ3) is 3.97. The van der Waals surface area contributed by atoms with Crippen LogP contribution < -0.4 is 10.9 Å². The molecule has 1 aromatic rings. The fraction of sp³-hybridized carbons (Fsp3) is 0.500. The van der Waals surface area contributed by atoms with Gasteiger partial charge in [-0.25, -0.2) is 4.68 Å². The summed E-state index contributed by atoms with van der Waals surface area (Å²) in [5.74, 6) is 3.41. The lowest BCUT2D eigenvalue weighted by Crippen LogP contribution is -2.29. The van der Waals surface area contributed by atoms with Crippen molar-refractivity contribution in [1.29, 1.82) is 0 Å². The zero-order valence-electron chi connectivity index (χ0n) is 10.4. The summed E-state index contributed by atoms with van der Waals surface area (Å²) in [5.41, 5.74) is 0.0898. The Labute approximate surface area is 116 Å². The highest BCUT2D eigenvalue weighted by molar-refractivity contribution is 7.98. The number of halogens is 1. The van der Waals surface area contributed by atoms with E-state index in [0.717, 1.165) is 12.2 Å². The van der Waals surface area contributed by atoms with Crippen LogP contribution >= 0.6 is 23.4 Å². The minimum atomic E-state index is -0.281. The fourth-order valence-electron chi connectivity index (χ4n) is 1.41. The van der Waals surface area contributed by atoms with Gasteiger partial charge in [0, 0.05) is 6.04 Å². The summed E-state index contributed by atoms with van der Waals surface area (Å²) >= 11 is 7.75. The second-order valence-corrected chi connectivity index (χ2v) is 5.25. The van der Waals surface area contributed by atoms with Gasteiger partial charge in [-0.15, -0.1) is 6.42 Å². The molecule has 0 amide bonds. The Morgan fingerprint density at radius 2 is 2.44 bits per heavy atom. The van der Waals surface area contributed by atoms with Crippen molar-refractivity contribution in [2.45, 2.75) is 25.9 Å². The Hall–Kier alpha value is -1.12. The van der Waals surface area contributed by atoms with E-state index in [1.54, 1.807) is 11.8 Å². The third-order valence-corrected chi connectivity index (χ3v) is 3.31. The number of rotatable bonds is 6. The van der Waals surface area contributed by atoms with Crippen molar-refractivity contribution >= 4 is 29.1 Å². The van der Waals surface area contributed by atoms with E-state index in [2.05, 4.69) is 16.3 Å². The fourth-order valence-corrected chi connectivity index (χ4v) is 2.18. The molecule has 1 N–H and O–H groups in total. The largest absolute Gasteiger partial charge is 0.377 e. The Kier molecular flexibility index (Phi) is 6.10. The Morgan fingerprint density at radius 3 is 3.06 bits per heavy atom. The molecule has 0 radical (unpaired) electrons. The average molecular weight is 286 g/mol. The normalized spacial score (nSPS) is 11.9. The van der Waals surface area contributed by atoms with Gasteiger partial charge in [-0.05, 0) is 25.4 Å². The molecule has 4 nitrogen and oxygen atoms in total. The van der Waals surface area contributed by atoms with Crippen molar-refractivity contribution in [3.05, 3.63) is 21.6 Å². The van der Waals surface area contributed by atoms with Gasteiger partial charge in [0.25, 0.3) is 5.56 Å². The molecule has 1 aromatic heterocycles. The lowest BCUT2D eigenvalue weighted by Gasteiger charge is -2.15. The predicted octanol–water partition coefficient (Wildman–Crippen LogP) is 2.08. The SMILES string of the molecule is C#CCn1ncc(Cl)c(NC(C)CCSC)c1=O. The standard InChI is InChI=1S/C12H16ClN3OS/c1-4-6-16-12(17)11(10(13)8-14-16)15-9(2)5-7-18-3/h1,8-9,15H,5-7H2,2-3H3. The number of nitrogens with one attached hydrogen (secondary N) is 1. The van der Waals surface area contributed by atoms with Gasteiger partial charge >= 0.3 is 0 Å². The Bertz CT molecular complexity index is 495. The molecule has 0 aliphatic heterocycles. The molecular formula is C12H16ClN3OS. The van der Waals surface area contributed by atoms with E-state index >= 15 is 0 Å². The molecule has 1 heterocycles. The Balaban J connectivity index is 2.91. The number of anilines is 1. The van der Waals surface area contributed by atoms with Gasteiger partial charge in [0.15, 0.2) is 0 Å². The molecule has 0 saturated carbocycles.